The number of methoxy groups -OCH3 is 1. The summed E-state index contributed by atoms with van der Waals surface area (Å²) in [4.78, 5) is 24.0. The fourth-order valence-electron chi connectivity index (χ4n) is 8.59. The number of allylic oxidation sites excluding steroid dienone is 4. The van der Waals surface area contributed by atoms with Crippen LogP contribution in [0, 0.1) is 17.3 Å². The largest absolute Gasteiger partial charge is 0.465 e. The Hall–Kier alpha value is -3.59. The van der Waals surface area contributed by atoms with Gasteiger partial charge in [-0.2, -0.15) is 22.0 Å². The summed E-state index contributed by atoms with van der Waals surface area (Å²) >= 11 is 0. The van der Waals surface area contributed by atoms with Crippen LogP contribution in [-0.2, 0) is 9.53 Å². The van der Waals surface area contributed by atoms with Gasteiger partial charge in [-0.1, -0.05) is 61.0 Å². The van der Waals surface area contributed by atoms with Crippen molar-refractivity contribution in [2.24, 2.45) is 17.3 Å². The Kier molecular flexibility index (Phi) is 7.70. The maximum Gasteiger partial charge on any atom is 0.456 e. The highest BCUT2D eigenvalue weighted by Crippen LogP contribution is 2.70. The van der Waals surface area contributed by atoms with Crippen LogP contribution in [0.1, 0.15) is 84.8 Å². The molecule has 0 heterocycles. The van der Waals surface area contributed by atoms with E-state index in [0.717, 1.165) is 33.4 Å². The Morgan fingerprint density at radius 2 is 1.56 bits per heavy atom. The summed E-state index contributed by atoms with van der Waals surface area (Å²) < 4.78 is 76.5. The summed E-state index contributed by atoms with van der Waals surface area (Å²) in [5.74, 6) is -6.94. The van der Waals surface area contributed by atoms with Crippen molar-refractivity contribution in [3.63, 3.8) is 0 Å². The molecule has 4 aliphatic rings. The molecule has 0 radical (unpaired) electrons. The molecule has 0 amide bonds. The maximum atomic E-state index is 15.2. The lowest BCUT2D eigenvalue weighted by atomic mass is 9.50. The first-order chi connectivity index (χ1) is 21.2. The Labute approximate surface area is 258 Å². The van der Waals surface area contributed by atoms with Crippen LogP contribution in [0.4, 0.5) is 22.0 Å². The van der Waals surface area contributed by atoms with Crippen molar-refractivity contribution in [3.8, 4) is 0 Å². The zero-order chi connectivity index (χ0) is 32.4. The molecule has 9 heteroatoms. The van der Waals surface area contributed by atoms with Crippen molar-refractivity contribution in [1.29, 1.82) is 0 Å². The van der Waals surface area contributed by atoms with Crippen molar-refractivity contribution in [2.45, 2.75) is 75.5 Å². The summed E-state index contributed by atoms with van der Waals surface area (Å²) in [6.45, 7) is 1.43. The Bertz CT molecular complexity index is 1600. The minimum absolute atomic E-state index is 0.0427. The van der Waals surface area contributed by atoms with E-state index < -0.39 is 47.3 Å². The number of alkyl halides is 5. The second-order valence-corrected chi connectivity index (χ2v) is 13.1. The van der Waals surface area contributed by atoms with Crippen LogP contribution >= 0.6 is 0 Å². The number of hydrogen-bond acceptors (Lipinski definition) is 4. The van der Waals surface area contributed by atoms with Crippen LogP contribution in [0.15, 0.2) is 71.3 Å². The minimum atomic E-state index is -5.88. The molecule has 1 N–H and O–H groups in total. The topological polar surface area (TPSA) is 63.6 Å². The zero-order valence-electron chi connectivity index (χ0n) is 25.1. The highest BCUT2D eigenvalue weighted by Gasteiger charge is 2.79. The van der Waals surface area contributed by atoms with Crippen LogP contribution < -0.4 is 0 Å². The SMILES string of the molecule is COC(=O)c1ccc(/C=C/c2ccc([C@H]3C[C@@]4(C)[C@@H](CC[C@@]4(O)C(F)(F)C(F)(F)F)[C@@H]4CCC5=CC(=O)CCC5=C43)cc2)cc1. The fraction of sp³-hybridized carbons (Fsp3) is 0.444. The van der Waals surface area contributed by atoms with Crippen molar-refractivity contribution >= 4 is 23.9 Å². The van der Waals surface area contributed by atoms with E-state index in [4.69, 9.17) is 4.74 Å². The molecule has 4 aliphatic carbocycles. The van der Waals surface area contributed by atoms with Crippen molar-refractivity contribution in [1.82, 2.24) is 0 Å². The first-order valence-electron chi connectivity index (χ1n) is 15.3. The molecule has 0 saturated heterocycles. The third-order valence-corrected chi connectivity index (χ3v) is 10.9. The molecule has 2 aromatic carbocycles. The zero-order valence-corrected chi connectivity index (χ0v) is 25.1. The lowest BCUT2D eigenvalue weighted by Gasteiger charge is -2.56. The number of carbonyl (C=O) groups excluding carboxylic acids is 2. The quantitative estimate of drug-likeness (QED) is 0.206. The summed E-state index contributed by atoms with van der Waals surface area (Å²) in [6.07, 6.45) is 0.899. The molecule has 6 rings (SSSR count). The maximum absolute atomic E-state index is 15.2. The standard InChI is InChI=1S/C36H35F5O4/c1-33-20-29(23-9-5-21(6-10-23)3-4-22-7-11-24(12-8-22)32(43)45-2)31-27-16-14-26(42)19-25(27)13-15-28(31)30(33)17-18-34(33,44)35(37,38)36(39,40)41/h3-12,19,28-30,44H,13-18,20H2,1-2H3/b4-3+/t28-,29+,30-,33-,34-/m0/s1. The van der Waals surface area contributed by atoms with Crippen molar-refractivity contribution < 1.29 is 41.4 Å². The van der Waals surface area contributed by atoms with Gasteiger partial charge < -0.3 is 9.84 Å². The smallest absolute Gasteiger partial charge is 0.456 e. The van der Waals surface area contributed by atoms with Crippen LogP contribution in [0.5, 0.6) is 0 Å². The van der Waals surface area contributed by atoms with E-state index in [1.54, 1.807) is 30.3 Å². The number of hydrogen-bond donors (Lipinski definition) is 1. The lowest BCUT2D eigenvalue weighted by molar-refractivity contribution is -0.362. The number of benzene rings is 2. The Morgan fingerprint density at radius 3 is 2.16 bits per heavy atom. The van der Waals surface area contributed by atoms with Crippen LogP contribution in [0.3, 0.4) is 0 Å². The Morgan fingerprint density at radius 1 is 0.933 bits per heavy atom. The molecular weight excluding hydrogens is 591 g/mol. The van der Waals surface area contributed by atoms with Gasteiger partial charge in [-0.15, -0.1) is 0 Å². The molecule has 0 unspecified atom stereocenters. The second-order valence-electron chi connectivity index (χ2n) is 13.1. The van der Waals surface area contributed by atoms with E-state index >= 15 is 8.78 Å². The van der Waals surface area contributed by atoms with Gasteiger partial charge in [-0.05, 0) is 96.4 Å². The van der Waals surface area contributed by atoms with Gasteiger partial charge in [-0.3, -0.25) is 4.79 Å². The predicted octanol–water partition coefficient (Wildman–Crippen LogP) is 8.47. The highest BCUT2D eigenvalue weighted by molar-refractivity contribution is 5.93. The molecule has 4 nitrogen and oxygen atoms in total. The van der Waals surface area contributed by atoms with Crippen molar-refractivity contribution in [2.75, 3.05) is 7.11 Å². The van der Waals surface area contributed by atoms with E-state index in [-0.39, 0.29) is 24.5 Å². The predicted molar refractivity (Wildman–Crippen MR) is 159 cm³/mol. The third-order valence-electron chi connectivity index (χ3n) is 10.9. The van der Waals surface area contributed by atoms with Crippen LogP contribution in [0.2, 0.25) is 0 Å². The van der Waals surface area contributed by atoms with E-state index in [1.807, 2.05) is 36.4 Å². The second kappa shape index (κ2) is 11.0. The summed E-state index contributed by atoms with van der Waals surface area (Å²) in [5.41, 5.74) is 1.01. The van der Waals surface area contributed by atoms with Gasteiger partial charge in [0.2, 0.25) is 0 Å². The molecular formula is C36H35F5O4. The van der Waals surface area contributed by atoms with Gasteiger partial charge in [0.1, 0.15) is 5.60 Å². The van der Waals surface area contributed by atoms with Crippen LogP contribution in [-0.4, -0.2) is 41.7 Å². The van der Waals surface area contributed by atoms with Crippen molar-refractivity contribution in [3.05, 3.63) is 93.6 Å². The molecule has 5 atom stereocenters. The summed E-state index contributed by atoms with van der Waals surface area (Å²) in [5, 5.41) is 11.4. The fourth-order valence-corrected chi connectivity index (χ4v) is 8.59. The molecule has 45 heavy (non-hydrogen) atoms. The lowest BCUT2D eigenvalue weighted by Crippen LogP contribution is -2.65. The molecule has 0 aliphatic heterocycles. The number of esters is 1. The number of halogens is 5. The summed E-state index contributed by atoms with van der Waals surface area (Å²) in [7, 11) is 1.31. The summed E-state index contributed by atoms with van der Waals surface area (Å²) in [6, 6.07) is 14.4. The minimum Gasteiger partial charge on any atom is -0.465 e. The molecule has 0 aromatic heterocycles. The molecule has 0 bridgehead atoms. The van der Waals surface area contributed by atoms with E-state index in [1.165, 1.54) is 14.0 Å². The number of fused-ring (bicyclic) bond motifs is 4. The third kappa shape index (κ3) is 4.98. The van der Waals surface area contributed by atoms with E-state index in [2.05, 4.69) is 0 Å². The average Bonchev–Trinajstić information content (AvgIpc) is 3.30. The molecule has 2 fully saturated rings. The van der Waals surface area contributed by atoms with E-state index in [0.29, 0.717) is 31.2 Å². The normalized spacial score (nSPS) is 30.1. The monoisotopic (exact) mass is 626 g/mol. The number of carbonyl (C=O) groups is 2. The molecule has 238 valence electrons. The van der Waals surface area contributed by atoms with Gasteiger partial charge in [0.25, 0.3) is 0 Å². The first kappa shape index (κ1) is 31.4. The molecule has 0 spiro atoms. The molecule has 2 aromatic rings. The first-order valence-corrected chi connectivity index (χ1v) is 15.3. The van der Waals surface area contributed by atoms with Gasteiger partial charge in [0.05, 0.1) is 12.7 Å². The van der Waals surface area contributed by atoms with E-state index in [9.17, 15) is 27.9 Å². The highest BCUT2D eigenvalue weighted by atomic mass is 19.4. The number of rotatable bonds is 5. The van der Waals surface area contributed by atoms with Gasteiger partial charge in [-0.25, -0.2) is 4.79 Å². The number of ketones is 1. The Balaban J connectivity index is 1.37. The van der Waals surface area contributed by atoms with Gasteiger partial charge >= 0.3 is 18.1 Å². The number of aliphatic hydroxyl groups is 1. The van der Waals surface area contributed by atoms with Crippen LogP contribution in [0.25, 0.3) is 12.2 Å². The van der Waals surface area contributed by atoms with Gasteiger partial charge in [0.15, 0.2) is 5.78 Å². The van der Waals surface area contributed by atoms with Gasteiger partial charge in [0, 0.05) is 17.8 Å². The number of ether oxygens (including phenoxy) is 1. The average molecular weight is 627 g/mol. The molecule has 2 saturated carbocycles.